The van der Waals surface area contributed by atoms with E-state index in [1.165, 1.54) is 12.3 Å². The van der Waals surface area contributed by atoms with Crippen LogP contribution in [0, 0.1) is 0 Å². The highest BCUT2D eigenvalue weighted by Gasteiger charge is 2.21. The number of aromatic nitrogens is 2. The molecule has 0 bridgehead atoms. The van der Waals surface area contributed by atoms with E-state index in [2.05, 4.69) is 10.2 Å². The number of hydrogen-bond donors (Lipinski definition) is 0. The molecule has 0 saturated heterocycles. The molecule has 0 N–H and O–H groups in total. The standard InChI is InChI=1S/C23H25N3O5/c1-4-9-26(14-21-24-25-23(31-21)18-6-5-10-29-18)22(27)8-7-16-12-20-17(11-15(2)30-20)13-19(16)28-3/h5-8,10,12-13,15H,4,9,11,14H2,1-3H3/b8-7+. The van der Waals surface area contributed by atoms with Gasteiger partial charge in [0.15, 0.2) is 5.76 Å². The average Bonchev–Trinajstić information content (AvgIpc) is 3.50. The summed E-state index contributed by atoms with van der Waals surface area (Å²) >= 11 is 0. The van der Waals surface area contributed by atoms with E-state index >= 15 is 0 Å². The molecule has 0 saturated carbocycles. The van der Waals surface area contributed by atoms with Gasteiger partial charge in [-0.3, -0.25) is 4.79 Å². The first-order valence-electron chi connectivity index (χ1n) is 10.3. The second kappa shape index (κ2) is 9.07. The number of carbonyl (C=O) groups is 1. The molecule has 31 heavy (non-hydrogen) atoms. The van der Waals surface area contributed by atoms with Gasteiger partial charge in [0.1, 0.15) is 17.6 Å². The zero-order valence-corrected chi connectivity index (χ0v) is 17.8. The van der Waals surface area contributed by atoms with Crippen LogP contribution >= 0.6 is 0 Å². The lowest BCUT2D eigenvalue weighted by Crippen LogP contribution is -2.29. The summed E-state index contributed by atoms with van der Waals surface area (Å²) in [6, 6.07) is 7.37. The van der Waals surface area contributed by atoms with Crippen LogP contribution in [-0.2, 0) is 17.8 Å². The first-order valence-corrected chi connectivity index (χ1v) is 10.3. The van der Waals surface area contributed by atoms with Crippen molar-refractivity contribution < 1.29 is 23.1 Å². The van der Waals surface area contributed by atoms with Gasteiger partial charge in [-0.15, -0.1) is 10.2 Å². The summed E-state index contributed by atoms with van der Waals surface area (Å²) in [5, 5.41) is 8.03. The van der Waals surface area contributed by atoms with Crippen molar-refractivity contribution in [3.8, 4) is 23.1 Å². The number of benzene rings is 1. The van der Waals surface area contributed by atoms with Crippen molar-refractivity contribution in [1.82, 2.24) is 15.1 Å². The summed E-state index contributed by atoms with van der Waals surface area (Å²) in [6.45, 7) is 4.81. The van der Waals surface area contributed by atoms with Crippen LogP contribution < -0.4 is 9.47 Å². The predicted octanol–water partition coefficient (Wildman–Crippen LogP) is 4.11. The fourth-order valence-corrected chi connectivity index (χ4v) is 3.55. The zero-order valence-electron chi connectivity index (χ0n) is 17.8. The molecule has 1 unspecified atom stereocenters. The lowest BCUT2D eigenvalue weighted by atomic mass is 10.1. The van der Waals surface area contributed by atoms with Crippen molar-refractivity contribution in [3.05, 3.63) is 53.6 Å². The normalized spacial score (nSPS) is 15.1. The number of methoxy groups -OCH3 is 1. The summed E-state index contributed by atoms with van der Waals surface area (Å²) in [5.41, 5.74) is 1.90. The summed E-state index contributed by atoms with van der Waals surface area (Å²) in [6.07, 6.45) is 6.60. The third kappa shape index (κ3) is 4.63. The van der Waals surface area contributed by atoms with Crippen molar-refractivity contribution in [2.45, 2.75) is 39.3 Å². The fraction of sp³-hybridized carbons (Fsp3) is 0.348. The van der Waals surface area contributed by atoms with Crippen molar-refractivity contribution in [1.29, 1.82) is 0 Å². The van der Waals surface area contributed by atoms with Crippen LogP contribution in [-0.4, -0.2) is 40.8 Å². The number of rotatable bonds is 8. The maximum Gasteiger partial charge on any atom is 0.283 e. The minimum atomic E-state index is -0.156. The molecule has 8 nitrogen and oxygen atoms in total. The summed E-state index contributed by atoms with van der Waals surface area (Å²) < 4.78 is 22.3. The zero-order chi connectivity index (χ0) is 21.8. The molecule has 0 spiro atoms. The molecule has 1 aliphatic heterocycles. The van der Waals surface area contributed by atoms with Crippen LogP contribution in [0.4, 0.5) is 0 Å². The molecule has 1 aromatic carbocycles. The van der Waals surface area contributed by atoms with Gasteiger partial charge in [0.05, 0.1) is 19.9 Å². The summed E-state index contributed by atoms with van der Waals surface area (Å²) in [5.74, 6) is 2.52. The quantitative estimate of drug-likeness (QED) is 0.504. The second-order valence-electron chi connectivity index (χ2n) is 7.41. The number of furan rings is 1. The Balaban J connectivity index is 1.49. The maximum absolute atomic E-state index is 12.9. The lowest BCUT2D eigenvalue weighted by Gasteiger charge is -2.18. The Morgan fingerprint density at radius 2 is 2.23 bits per heavy atom. The van der Waals surface area contributed by atoms with Crippen LogP contribution in [0.25, 0.3) is 17.7 Å². The van der Waals surface area contributed by atoms with Gasteiger partial charge in [-0.25, -0.2) is 0 Å². The van der Waals surface area contributed by atoms with Crippen molar-refractivity contribution in [2.24, 2.45) is 0 Å². The van der Waals surface area contributed by atoms with Crippen LogP contribution in [0.3, 0.4) is 0 Å². The number of fused-ring (bicyclic) bond motifs is 1. The number of nitrogens with zero attached hydrogens (tertiary/aromatic N) is 3. The summed E-state index contributed by atoms with van der Waals surface area (Å²) in [7, 11) is 1.62. The first kappa shape index (κ1) is 20.7. The van der Waals surface area contributed by atoms with Crippen LogP contribution in [0.15, 0.2) is 45.4 Å². The van der Waals surface area contributed by atoms with Gasteiger partial charge in [-0.1, -0.05) is 6.92 Å². The molecule has 2 aromatic heterocycles. The molecule has 3 aromatic rings. The minimum absolute atomic E-state index is 0.140. The van der Waals surface area contributed by atoms with Crippen LogP contribution in [0.2, 0.25) is 0 Å². The highest BCUT2D eigenvalue weighted by molar-refractivity contribution is 5.92. The monoisotopic (exact) mass is 423 g/mol. The Labute approximate surface area is 180 Å². The van der Waals surface area contributed by atoms with Crippen molar-refractivity contribution in [2.75, 3.05) is 13.7 Å². The lowest BCUT2D eigenvalue weighted by molar-refractivity contribution is -0.126. The molecule has 4 rings (SSSR count). The molecule has 0 aliphatic carbocycles. The first-order chi connectivity index (χ1) is 15.1. The van der Waals surface area contributed by atoms with Crippen LogP contribution in [0.1, 0.15) is 37.3 Å². The minimum Gasteiger partial charge on any atom is -0.496 e. The van der Waals surface area contributed by atoms with Gasteiger partial charge >= 0.3 is 0 Å². The molecular formula is C23H25N3O5. The SMILES string of the molecule is CCCN(Cc1nnc(-c2ccco2)o1)C(=O)/C=C/c1cc2c(cc1OC)CC(C)O2. The molecule has 162 valence electrons. The smallest absolute Gasteiger partial charge is 0.283 e. The molecule has 0 fully saturated rings. The maximum atomic E-state index is 12.9. The molecule has 1 aliphatic rings. The topological polar surface area (TPSA) is 90.8 Å². The molecule has 3 heterocycles. The number of hydrogen-bond acceptors (Lipinski definition) is 7. The Morgan fingerprint density at radius 1 is 1.35 bits per heavy atom. The van der Waals surface area contributed by atoms with Gasteiger partial charge in [0.25, 0.3) is 5.89 Å². The van der Waals surface area contributed by atoms with Crippen molar-refractivity contribution >= 4 is 12.0 Å². The molecule has 0 radical (unpaired) electrons. The molecule has 8 heteroatoms. The molecule has 1 amide bonds. The Hall–Kier alpha value is -3.55. The van der Waals surface area contributed by atoms with Gasteiger partial charge in [0, 0.05) is 30.2 Å². The largest absolute Gasteiger partial charge is 0.496 e. The van der Waals surface area contributed by atoms with E-state index < -0.39 is 0 Å². The highest BCUT2D eigenvalue weighted by Crippen LogP contribution is 2.35. The average molecular weight is 423 g/mol. The second-order valence-corrected chi connectivity index (χ2v) is 7.41. The Bertz CT molecular complexity index is 1070. The van der Waals surface area contributed by atoms with Crippen LogP contribution in [0.5, 0.6) is 11.5 Å². The van der Waals surface area contributed by atoms with Gasteiger partial charge < -0.3 is 23.2 Å². The summed E-state index contributed by atoms with van der Waals surface area (Å²) in [4.78, 5) is 14.6. The van der Waals surface area contributed by atoms with E-state index in [0.29, 0.717) is 23.9 Å². The van der Waals surface area contributed by atoms with E-state index in [9.17, 15) is 4.79 Å². The van der Waals surface area contributed by atoms with Gasteiger partial charge in [-0.05, 0) is 43.7 Å². The Kier molecular flexibility index (Phi) is 6.06. The third-order valence-electron chi connectivity index (χ3n) is 4.98. The number of amides is 1. The molecule has 1 atom stereocenters. The van der Waals surface area contributed by atoms with E-state index in [1.807, 2.05) is 26.0 Å². The van der Waals surface area contributed by atoms with E-state index in [4.69, 9.17) is 18.3 Å². The van der Waals surface area contributed by atoms with E-state index in [-0.39, 0.29) is 24.4 Å². The van der Waals surface area contributed by atoms with E-state index in [0.717, 1.165) is 29.7 Å². The van der Waals surface area contributed by atoms with E-state index in [1.54, 1.807) is 30.2 Å². The third-order valence-corrected chi connectivity index (χ3v) is 4.98. The molecular weight excluding hydrogens is 398 g/mol. The fourth-order valence-electron chi connectivity index (χ4n) is 3.55. The van der Waals surface area contributed by atoms with Crippen molar-refractivity contribution in [3.63, 3.8) is 0 Å². The number of ether oxygens (including phenoxy) is 2. The predicted molar refractivity (Wildman–Crippen MR) is 114 cm³/mol. The Morgan fingerprint density at radius 3 is 2.97 bits per heavy atom. The number of carbonyl (C=O) groups excluding carboxylic acids is 1. The van der Waals surface area contributed by atoms with Gasteiger partial charge in [-0.2, -0.15) is 0 Å². The highest BCUT2D eigenvalue weighted by atomic mass is 16.5. The van der Waals surface area contributed by atoms with Gasteiger partial charge in [0.2, 0.25) is 11.8 Å².